The van der Waals surface area contributed by atoms with E-state index >= 15 is 0 Å². The fraction of sp³-hybridized carbons (Fsp3) is 0.0400. The number of hydrogen-bond donors (Lipinski definition) is 2. The average molecular weight is 473 g/mol. The quantitative estimate of drug-likeness (QED) is 0.307. The van der Waals surface area contributed by atoms with Gasteiger partial charge in [-0.2, -0.15) is 0 Å². The summed E-state index contributed by atoms with van der Waals surface area (Å²) in [5, 5.41) is 4.39. The summed E-state index contributed by atoms with van der Waals surface area (Å²) in [6.45, 7) is 1.91. The average Bonchev–Trinajstić information content (AvgIpc) is 3.25. The van der Waals surface area contributed by atoms with Gasteiger partial charge in [-0.05, 0) is 48.7 Å². The zero-order chi connectivity index (χ0) is 22.8. The van der Waals surface area contributed by atoms with Crippen molar-refractivity contribution in [3.8, 4) is 10.6 Å². The molecule has 0 aliphatic rings. The van der Waals surface area contributed by atoms with E-state index < -0.39 is 10.0 Å². The van der Waals surface area contributed by atoms with E-state index in [1.165, 1.54) is 16.4 Å². The van der Waals surface area contributed by atoms with Gasteiger partial charge in [-0.15, -0.1) is 11.3 Å². The van der Waals surface area contributed by atoms with Gasteiger partial charge in [0.15, 0.2) is 0 Å². The molecule has 0 radical (unpaired) electrons. The maximum atomic E-state index is 12.9. The van der Waals surface area contributed by atoms with Crippen LogP contribution in [-0.4, -0.2) is 18.4 Å². The Morgan fingerprint density at radius 2 is 1.55 bits per heavy atom. The van der Waals surface area contributed by atoms with Crippen molar-refractivity contribution in [3.05, 3.63) is 96.8 Å². The van der Waals surface area contributed by atoms with Gasteiger partial charge in [0.25, 0.3) is 10.0 Å². The van der Waals surface area contributed by atoms with Crippen LogP contribution >= 0.6 is 11.3 Å². The number of nitrogens with zero attached hydrogens (tertiary/aromatic N) is 2. The number of aryl methyl sites for hydroxylation is 1. The molecule has 33 heavy (non-hydrogen) atoms. The first-order valence-corrected chi connectivity index (χ1v) is 12.5. The van der Waals surface area contributed by atoms with E-state index in [2.05, 4.69) is 38.2 Å². The number of anilines is 3. The van der Waals surface area contributed by atoms with Crippen LogP contribution in [0.4, 0.5) is 17.2 Å². The van der Waals surface area contributed by atoms with Crippen molar-refractivity contribution in [3.63, 3.8) is 0 Å². The summed E-state index contributed by atoms with van der Waals surface area (Å²) >= 11 is 1.67. The third-order valence-electron chi connectivity index (χ3n) is 5.11. The highest BCUT2D eigenvalue weighted by Gasteiger charge is 2.16. The van der Waals surface area contributed by atoms with Crippen LogP contribution in [0.25, 0.3) is 20.7 Å². The molecule has 8 heteroatoms. The smallest absolute Gasteiger partial charge is 0.261 e. The van der Waals surface area contributed by atoms with Gasteiger partial charge in [0.05, 0.1) is 26.8 Å². The highest BCUT2D eigenvalue weighted by atomic mass is 32.2. The van der Waals surface area contributed by atoms with Crippen LogP contribution in [0.1, 0.15) is 5.56 Å². The third kappa shape index (κ3) is 4.57. The topological polar surface area (TPSA) is 84.0 Å². The number of nitrogens with one attached hydrogen (secondary N) is 2. The zero-order valence-corrected chi connectivity index (χ0v) is 19.3. The summed E-state index contributed by atoms with van der Waals surface area (Å²) in [5.74, 6) is 0.569. The van der Waals surface area contributed by atoms with Crippen LogP contribution in [0, 0.1) is 6.92 Å². The number of benzene rings is 3. The molecular weight excluding hydrogens is 452 g/mol. The second-order valence-electron chi connectivity index (χ2n) is 7.53. The SMILES string of the molecule is Cc1ccc(S(=O)(=O)Nc2ccccc2Nc2cc(-c3cc4ccccc4s3)ncn2)cc1. The van der Waals surface area contributed by atoms with E-state index in [4.69, 9.17) is 0 Å². The maximum absolute atomic E-state index is 12.9. The van der Waals surface area contributed by atoms with Crippen LogP contribution in [0.2, 0.25) is 0 Å². The number of thiophene rings is 1. The molecule has 6 nitrogen and oxygen atoms in total. The highest BCUT2D eigenvalue weighted by Crippen LogP contribution is 2.34. The molecule has 0 saturated carbocycles. The molecule has 2 aromatic heterocycles. The van der Waals surface area contributed by atoms with Gasteiger partial charge in [-0.3, -0.25) is 4.72 Å². The van der Waals surface area contributed by atoms with E-state index in [1.807, 2.05) is 31.2 Å². The van der Waals surface area contributed by atoms with Gasteiger partial charge >= 0.3 is 0 Å². The Morgan fingerprint density at radius 3 is 2.33 bits per heavy atom. The van der Waals surface area contributed by atoms with Crippen LogP contribution in [0.15, 0.2) is 96.2 Å². The van der Waals surface area contributed by atoms with E-state index in [0.29, 0.717) is 17.2 Å². The lowest BCUT2D eigenvalue weighted by atomic mass is 10.2. The number of sulfonamides is 1. The van der Waals surface area contributed by atoms with Crippen molar-refractivity contribution in [2.75, 3.05) is 10.0 Å². The Kier molecular flexibility index (Phi) is 5.53. The minimum absolute atomic E-state index is 0.206. The number of hydrogen-bond acceptors (Lipinski definition) is 6. The highest BCUT2D eigenvalue weighted by molar-refractivity contribution is 7.92. The molecule has 5 aromatic rings. The van der Waals surface area contributed by atoms with Crippen LogP contribution < -0.4 is 10.0 Å². The zero-order valence-electron chi connectivity index (χ0n) is 17.7. The first-order valence-electron chi connectivity index (χ1n) is 10.2. The number of para-hydroxylation sites is 2. The third-order valence-corrected chi connectivity index (χ3v) is 7.63. The lowest BCUT2D eigenvalue weighted by Crippen LogP contribution is -2.14. The Balaban J connectivity index is 1.42. The Hall–Kier alpha value is -3.75. The number of aromatic nitrogens is 2. The van der Waals surface area contributed by atoms with E-state index in [1.54, 1.807) is 53.8 Å². The summed E-state index contributed by atoms with van der Waals surface area (Å²) in [6.07, 6.45) is 1.50. The standard InChI is InChI=1S/C25H20N4O2S2/c1-17-10-12-19(13-11-17)33(30,31)29-21-8-4-3-7-20(21)28-25-15-22(26-16-27-25)24-14-18-6-2-5-9-23(18)32-24/h2-16,29H,1H3,(H,26,27,28). The summed E-state index contributed by atoms with van der Waals surface area (Å²) < 4.78 is 29.6. The molecule has 2 N–H and O–H groups in total. The first-order chi connectivity index (χ1) is 16.0. The Labute approximate surface area is 196 Å². The molecule has 0 bridgehead atoms. The Morgan fingerprint density at radius 1 is 0.818 bits per heavy atom. The van der Waals surface area contributed by atoms with Gasteiger partial charge < -0.3 is 5.32 Å². The molecule has 0 spiro atoms. The predicted octanol–water partition coefficient (Wildman–Crippen LogP) is 6.21. The minimum Gasteiger partial charge on any atom is -0.338 e. The van der Waals surface area contributed by atoms with Crippen molar-refractivity contribution >= 4 is 48.6 Å². The van der Waals surface area contributed by atoms with Gasteiger partial charge in [0.1, 0.15) is 12.1 Å². The molecule has 164 valence electrons. The lowest BCUT2D eigenvalue weighted by Gasteiger charge is -2.14. The van der Waals surface area contributed by atoms with Crippen molar-refractivity contribution in [1.29, 1.82) is 0 Å². The van der Waals surface area contributed by atoms with E-state index in [-0.39, 0.29) is 4.90 Å². The molecule has 0 fully saturated rings. The predicted molar refractivity (Wildman–Crippen MR) is 135 cm³/mol. The van der Waals surface area contributed by atoms with Crippen LogP contribution in [-0.2, 0) is 10.0 Å². The Bertz CT molecular complexity index is 1510. The fourth-order valence-electron chi connectivity index (χ4n) is 3.41. The largest absolute Gasteiger partial charge is 0.338 e. The van der Waals surface area contributed by atoms with E-state index in [0.717, 1.165) is 16.1 Å². The van der Waals surface area contributed by atoms with Crippen LogP contribution in [0.5, 0.6) is 0 Å². The maximum Gasteiger partial charge on any atom is 0.261 e. The summed E-state index contributed by atoms with van der Waals surface area (Å²) in [6, 6.07) is 26.0. The van der Waals surface area contributed by atoms with Crippen molar-refractivity contribution in [1.82, 2.24) is 9.97 Å². The van der Waals surface area contributed by atoms with Gasteiger partial charge in [0.2, 0.25) is 0 Å². The molecule has 0 amide bonds. The van der Waals surface area contributed by atoms with Crippen molar-refractivity contribution < 1.29 is 8.42 Å². The summed E-state index contributed by atoms with van der Waals surface area (Å²) in [4.78, 5) is 9.99. The summed E-state index contributed by atoms with van der Waals surface area (Å²) in [7, 11) is -3.73. The molecule has 2 heterocycles. The lowest BCUT2D eigenvalue weighted by molar-refractivity contribution is 0.601. The molecule has 0 aliphatic heterocycles. The molecule has 0 unspecified atom stereocenters. The molecular formula is C25H20N4O2S2. The fourth-order valence-corrected chi connectivity index (χ4v) is 5.52. The number of fused-ring (bicyclic) bond motifs is 1. The first kappa shape index (κ1) is 21.1. The van der Waals surface area contributed by atoms with Gasteiger partial charge in [-0.1, -0.05) is 48.0 Å². The van der Waals surface area contributed by atoms with Gasteiger partial charge in [0, 0.05) is 10.8 Å². The molecule has 3 aromatic carbocycles. The van der Waals surface area contributed by atoms with Crippen molar-refractivity contribution in [2.45, 2.75) is 11.8 Å². The molecule has 0 saturated heterocycles. The monoisotopic (exact) mass is 472 g/mol. The van der Waals surface area contributed by atoms with Gasteiger partial charge in [-0.25, -0.2) is 18.4 Å². The second kappa shape index (κ2) is 8.65. The number of rotatable bonds is 6. The molecule has 0 aliphatic carbocycles. The second-order valence-corrected chi connectivity index (χ2v) is 10.3. The van der Waals surface area contributed by atoms with Crippen molar-refractivity contribution in [2.24, 2.45) is 0 Å². The minimum atomic E-state index is -3.73. The summed E-state index contributed by atoms with van der Waals surface area (Å²) in [5.41, 5.74) is 2.81. The molecule has 0 atom stereocenters. The van der Waals surface area contributed by atoms with E-state index in [9.17, 15) is 8.42 Å². The normalized spacial score (nSPS) is 11.4. The van der Waals surface area contributed by atoms with Crippen LogP contribution in [0.3, 0.4) is 0 Å². The molecule has 5 rings (SSSR count).